The zero-order valence-corrected chi connectivity index (χ0v) is 18.0. The Bertz CT molecular complexity index is 1050. The first kappa shape index (κ1) is 20.6. The molecule has 2 aliphatic rings. The normalized spacial score (nSPS) is 18.0. The van der Waals surface area contributed by atoms with Gasteiger partial charge in [0, 0.05) is 30.3 Å². The van der Waals surface area contributed by atoms with E-state index in [4.69, 9.17) is 0 Å². The van der Waals surface area contributed by atoms with E-state index < -0.39 is 10.0 Å². The number of amidine groups is 1. The summed E-state index contributed by atoms with van der Waals surface area (Å²) in [4.78, 5) is 14.9. The molecule has 0 unspecified atom stereocenters. The predicted molar refractivity (Wildman–Crippen MR) is 118 cm³/mol. The van der Waals surface area contributed by atoms with Crippen molar-refractivity contribution in [3.8, 4) is 0 Å². The molecule has 6 nitrogen and oxygen atoms in total. The van der Waals surface area contributed by atoms with E-state index in [9.17, 15) is 13.2 Å². The minimum Gasteiger partial charge on any atom is -0.355 e. The molecule has 7 heteroatoms. The summed E-state index contributed by atoms with van der Waals surface area (Å²) >= 11 is 0. The van der Waals surface area contributed by atoms with E-state index in [0.717, 1.165) is 12.1 Å². The van der Waals surface area contributed by atoms with Crippen LogP contribution in [0.1, 0.15) is 43.7 Å². The number of aryl methyl sites for hydroxylation is 1. The molecular formula is C23H27N3O3S. The maximum absolute atomic E-state index is 12.7. The maximum atomic E-state index is 12.7. The SMILES string of the molecule is CCCCc1ccc(NC(=O)C2CCN(C3=NS(=O)(=O)c4ccccc43)CC2)cc1. The standard InChI is InChI=1S/C23H27N3O3S/c1-2-3-6-17-9-11-19(12-10-17)24-23(27)18-13-15-26(16-14-18)22-20-7-4-5-8-21(20)30(28,29)25-22/h4-5,7-12,18H,2-3,6,13-16H2,1H3,(H,24,27). The number of carbonyl (C=O) groups is 1. The monoisotopic (exact) mass is 425 g/mol. The lowest BCUT2D eigenvalue weighted by molar-refractivity contribution is -0.120. The van der Waals surface area contributed by atoms with Crippen LogP contribution < -0.4 is 5.32 Å². The summed E-state index contributed by atoms with van der Waals surface area (Å²) in [5.41, 5.74) is 2.77. The average Bonchev–Trinajstić information content (AvgIpc) is 3.04. The number of amides is 1. The van der Waals surface area contributed by atoms with Crippen LogP contribution in [-0.4, -0.2) is 38.2 Å². The smallest absolute Gasteiger partial charge is 0.285 e. The van der Waals surface area contributed by atoms with Gasteiger partial charge in [0.15, 0.2) is 5.84 Å². The van der Waals surface area contributed by atoms with Crippen LogP contribution in [0, 0.1) is 5.92 Å². The van der Waals surface area contributed by atoms with Gasteiger partial charge in [-0.3, -0.25) is 4.79 Å². The van der Waals surface area contributed by atoms with Crippen molar-refractivity contribution in [1.29, 1.82) is 0 Å². The lowest BCUT2D eigenvalue weighted by Gasteiger charge is -2.32. The van der Waals surface area contributed by atoms with Crippen molar-refractivity contribution in [2.24, 2.45) is 10.3 Å². The second kappa shape index (κ2) is 8.60. The molecule has 1 amide bonds. The summed E-state index contributed by atoms with van der Waals surface area (Å²) in [6.07, 6.45) is 4.73. The van der Waals surface area contributed by atoms with E-state index in [2.05, 4.69) is 28.8 Å². The third kappa shape index (κ3) is 4.26. The van der Waals surface area contributed by atoms with Crippen molar-refractivity contribution in [1.82, 2.24) is 4.90 Å². The van der Waals surface area contributed by atoms with Crippen LogP contribution >= 0.6 is 0 Å². The summed E-state index contributed by atoms with van der Waals surface area (Å²) < 4.78 is 28.6. The molecule has 0 saturated carbocycles. The number of likely N-dealkylation sites (tertiary alicyclic amines) is 1. The Balaban J connectivity index is 1.35. The molecule has 2 aromatic rings. The Kier molecular flexibility index (Phi) is 5.90. The largest absolute Gasteiger partial charge is 0.355 e. The Morgan fingerprint density at radius 1 is 1.10 bits per heavy atom. The zero-order valence-electron chi connectivity index (χ0n) is 17.2. The van der Waals surface area contributed by atoms with Crippen LogP contribution in [0.2, 0.25) is 0 Å². The lowest BCUT2D eigenvalue weighted by Crippen LogP contribution is -2.41. The van der Waals surface area contributed by atoms with Crippen molar-refractivity contribution in [2.75, 3.05) is 18.4 Å². The molecule has 2 aliphatic heterocycles. The Hall–Kier alpha value is -2.67. The van der Waals surface area contributed by atoms with Crippen LogP contribution in [0.25, 0.3) is 0 Å². The Labute approximate surface area is 178 Å². The Morgan fingerprint density at radius 2 is 1.80 bits per heavy atom. The summed E-state index contributed by atoms with van der Waals surface area (Å²) in [7, 11) is -3.62. The fraction of sp³-hybridized carbons (Fsp3) is 0.391. The quantitative estimate of drug-likeness (QED) is 0.790. The number of rotatable bonds is 5. The predicted octanol–water partition coefficient (Wildman–Crippen LogP) is 3.83. The third-order valence-electron chi connectivity index (χ3n) is 5.82. The first-order chi connectivity index (χ1) is 14.5. The van der Waals surface area contributed by atoms with E-state index in [0.29, 0.717) is 37.3 Å². The highest BCUT2D eigenvalue weighted by molar-refractivity contribution is 7.90. The number of unbranched alkanes of at least 4 members (excludes halogenated alkanes) is 1. The molecule has 158 valence electrons. The van der Waals surface area contributed by atoms with Gasteiger partial charge in [-0.25, -0.2) is 0 Å². The second-order valence-electron chi connectivity index (χ2n) is 7.94. The number of hydrogen-bond acceptors (Lipinski definition) is 4. The van der Waals surface area contributed by atoms with Crippen molar-refractivity contribution in [3.63, 3.8) is 0 Å². The van der Waals surface area contributed by atoms with Crippen molar-refractivity contribution < 1.29 is 13.2 Å². The molecule has 1 N–H and O–H groups in total. The zero-order chi connectivity index (χ0) is 21.1. The number of nitrogens with one attached hydrogen (secondary N) is 1. The summed E-state index contributed by atoms with van der Waals surface area (Å²) in [6, 6.07) is 15.0. The molecular weight excluding hydrogens is 398 g/mol. The highest BCUT2D eigenvalue weighted by Crippen LogP contribution is 2.30. The number of benzene rings is 2. The van der Waals surface area contributed by atoms with Gasteiger partial charge in [-0.05, 0) is 55.5 Å². The van der Waals surface area contributed by atoms with E-state index in [-0.39, 0.29) is 16.7 Å². The first-order valence-corrected chi connectivity index (χ1v) is 12.0. The number of carbonyl (C=O) groups excluding carboxylic acids is 1. The van der Waals surface area contributed by atoms with E-state index in [1.54, 1.807) is 18.2 Å². The average molecular weight is 426 g/mol. The number of nitrogens with zero attached hydrogens (tertiary/aromatic N) is 2. The fourth-order valence-electron chi connectivity index (χ4n) is 4.05. The van der Waals surface area contributed by atoms with Crippen LogP contribution in [0.5, 0.6) is 0 Å². The fourth-order valence-corrected chi connectivity index (χ4v) is 5.28. The molecule has 2 aromatic carbocycles. The van der Waals surface area contributed by atoms with Crippen LogP contribution in [-0.2, 0) is 21.2 Å². The molecule has 0 aromatic heterocycles. The van der Waals surface area contributed by atoms with Crippen molar-refractivity contribution in [3.05, 3.63) is 59.7 Å². The van der Waals surface area contributed by atoms with Crippen molar-refractivity contribution in [2.45, 2.75) is 43.9 Å². The third-order valence-corrected chi connectivity index (χ3v) is 7.14. The van der Waals surface area contributed by atoms with Gasteiger partial charge in [0.25, 0.3) is 10.0 Å². The molecule has 30 heavy (non-hydrogen) atoms. The van der Waals surface area contributed by atoms with E-state index >= 15 is 0 Å². The van der Waals surface area contributed by atoms with Crippen molar-refractivity contribution >= 4 is 27.5 Å². The van der Waals surface area contributed by atoms with Gasteiger partial charge >= 0.3 is 0 Å². The molecule has 1 saturated heterocycles. The van der Waals surface area contributed by atoms with Gasteiger partial charge in [0.2, 0.25) is 5.91 Å². The lowest BCUT2D eigenvalue weighted by atomic mass is 9.95. The van der Waals surface area contributed by atoms with Gasteiger partial charge in [-0.15, -0.1) is 4.40 Å². The van der Waals surface area contributed by atoms with Crippen LogP contribution in [0.15, 0.2) is 57.8 Å². The van der Waals surface area contributed by atoms with E-state index in [1.165, 1.54) is 18.4 Å². The number of anilines is 1. The molecule has 0 atom stereocenters. The van der Waals surface area contributed by atoms with Gasteiger partial charge in [0.05, 0.1) is 0 Å². The molecule has 1 fully saturated rings. The number of hydrogen-bond donors (Lipinski definition) is 1. The summed E-state index contributed by atoms with van der Waals surface area (Å²) in [5.74, 6) is 0.444. The summed E-state index contributed by atoms with van der Waals surface area (Å²) in [5, 5.41) is 3.02. The van der Waals surface area contributed by atoms with Gasteiger partial charge in [0.1, 0.15) is 4.90 Å². The summed E-state index contributed by atoms with van der Waals surface area (Å²) in [6.45, 7) is 3.39. The Morgan fingerprint density at radius 3 is 2.50 bits per heavy atom. The van der Waals surface area contributed by atoms with Crippen LogP contribution in [0.4, 0.5) is 5.69 Å². The first-order valence-electron chi connectivity index (χ1n) is 10.6. The maximum Gasteiger partial charge on any atom is 0.285 e. The van der Waals surface area contributed by atoms with Gasteiger partial charge in [-0.1, -0.05) is 37.6 Å². The van der Waals surface area contributed by atoms with Gasteiger partial charge in [-0.2, -0.15) is 8.42 Å². The second-order valence-corrected chi connectivity index (χ2v) is 9.51. The topological polar surface area (TPSA) is 78.8 Å². The molecule has 0 bridgehead atoms. The molecule has 0 aliphatic carbocycles. The molecule has 2 heterocycles. The van der Waals surface area contributed by atoms with E-state index in [1.807, 2.05) is 23.1 Å². The number of piperidine rings is 1. The number of sulfonamides is 1. The van der Waals surface area contributed by atoms with Gasteiger partial charge < -0.3 is 10.2 Å². The number of fused-ring (bicyclic) bond motifs is 1. The minimum atomic E-state index is -3.62. The molecule has 4 rings (SSSR count). The highest BCUT2D eigenvalue weighted by atomic mass is 32.2. The molecule has 0 radical (unpaired) electrons. The minimum absolute atomic E-state index is 0.0253. The highest BCUT2D eigenvalue weighted by Gasteiger charge is 2.34. The van der Waals surface area contributed by atoms with Crippen LogP contribution in [0.3, 0.4) is 0 Å². The molecule has 0 spiro atoms.